The molecular formula is C14H19N3O3. The molecule has 0 aromatic heterocycles. The van der Waals surface area contributed by atoms with Gasteiger partial charge in [-0.1, -0.05) is 0 Å². The van der Waals surface area contributed by atoms with E-state index in [1.165, 1.54) is 0 Å². The molecule has 0 N–H and O–H groups in total. The van der Waals surface area contributed by atoms with Crippen molar-refractivity contribution in [3.05, 3.63) is 11.4 Å². The van der Waals surface area contributed by atoms with Gasteiger partial charge >= 0.3 is 5.97 Å². The van der Waals surface area contributed by atoms with Crippen LogP contribution in [0.3, 0.4) is 0 Å². The first-order chi connectivity index (χ1) is 9.76. The van der Waals surface area contributed by atoms with Gasteiger partial charge in [0, 0.05) is 18.8 Å². The molecule has 6 heteroatoms. The average molecular weight is 277 g/mol. The van der Waals surface area contributed by atoms with Crippen LogP contribution in [0.2, 0.25) is 0 Å². The predicted octanol–water partition coefficient (Wildman–Crippen LogP) is 1.24. The van der Waals surface area contributed by atoms with Gasteiger partial charge in [0.15, 0.2) is 0 Å². The first kappa shape index (κ1) is 14.5. The topological polar surface area (TPSA) is 74.9 Å². The van der Waals surface area contributed by atoms with Crippen molar-refractivity contribution in [2.24, 2.45) is 4.99 Å². The van der Waals surface area contributed by atoms with Gasteiger partial charge in [0.1, 0.15) is 6.07 Å². The average Bonchev–Trinajstić information content (AvgIpc) is 2.94. The van der Waals surface area contributed by atoms with Crippen molar-refractivity contribution in [2.75, 3.05) is 32.9 Å². The normalized spacial score (nSPS) is 20.0. The van der Waals surface area contributed by atoms with Crippen LogP contribution in [0, 0.1) is 11.3 Å². The summed E-state index contributed by atoms with van der Waals surface area (Å²) in [6.07, 6.45) is 2.75. The van der Waals surface area contributed by atoms with E-state index in [1.807, 2.05) is 6.07 Å². The summed E-state index contributed by atoms with van der Waals surface area (Å²) < 4.78 is 10.2. The molecule has 1 heterocycles. The van der Waals surface area contributed by atoms with E-state index in [9.17, 15) is 4.79 Å². The monoisotopic (exact) mass is 277 g/mol. The van der Waals surface area contributed by atoms with E-state index in [0.29, 0.717) is 13.2 Å². The van der Waals surface area contributed by atoms with Gasteiger partial charge in [-0.3, -0.25) is 0 Å². The van der Waals surface area contributed by atoms with Gasteiger partial charge in [-0.05, 0) is 26.2 Å². The van der Waals surface area contributed by atoms with E-state index in [2.05, 4.69) is 9.89 Å². The Bertz CT molecular complexity index is 471. The minimum atomic E-state index is -0.643. The summed E-state index contributed by atoms with van der Waals surface area (Å²) in [7, 11) is 0. The lowest BCUT2D eigenvalue weighted by molar-refractivity contribution is -0.134. The molecule has 0 amide bonds. The number of esters is 1. The minimum Gasteiger partial charge on any atom is -0.461 e. The molecule has 1 saturated heterocycles. The third-order valence-electron chi connectivity index (χ3n) is 3.37. The fourth-order valence-corrected chi connectivity index (χ4v) is 2.46. The Morgan fingerprint density at radius 1 is 1.45 bits per heavy atom. The SMILES string of the molecule is CCOC(=O)C(C#N)=NC1=C(N2CCOCC2)CCC1. The Morgan fingerprint density at radius 2 is 2.20 bits per heavy atom. The van der Waals surface area contributed by atoms with Gasteiger partial charge in [0.25, 0.3) is 0 Å². The van der Waals surface area contributed by atoms with Gasteiger partial charge < -0.3 is 14.4 Å². The molecule has 2 aliphatic rings. The number of hydrogen-bond donors (Lipinski definition) is 0. The minimum absolute atomic E-state index is 0.158. The number of hydrogen-bond acceptors (Lipinski definition) is 6. The number of nitriles is 1. The Morgan fingerprint density at radius 3 is 2.85 bits per heavy atom. The maximum atomic E-state index is 11.6. The van der Waals surface area contributed by atoms with Gasteiger partial charge in [0.05, 0.1) is 25.5 Å². The molecule has 1 aliphatic heterocycles. The van der Waals surface area contributed by atoms with Crippen LogP contribution in [0.4, 0.5) is 0 Å². The van der Waals surface area contributed by atoms with Gasteiger partial charge in [-0.15, -0.1) is 0 Å². The van der Waals surface area contributed by atoms with Crippen LogP contribution in [0.1, 0.15) is 26.2 Å². The Balaban J connectivity index is 2.19. The first-order valence-electron chi connectivity index (χ1n) is 6.97. The molecule has 0 aromatic carbocycles. The van der Waals surface area contributed by atoms with E-state index in [4.69, 9.17) is 14.7 Å². The maximum Gasteiger partial charge on any atom is 0.367 e. The number of allylic oxidation sites excluding steroid dienone is 2. The molecule has 0 atom stereocenters. The van der Waals surface area contributed by atoms with Crippen LogP contribution in [-0.2, 0) is 14.3 Å². The zero-order chi connectivity index (χ0) is 14.4. The van der Waals surface area contributed by atoms with Crippen LogP contribution in [-0.4, -0.2) is 49.5 Å². The summed E-state index contributed by atoms with van der Waals surface area (Å²) in [6.45, 7) is 5.06. The quantitative estimate of drug-likeness (QED) is 0.571. The van der Waals surface area contributed by atoms with Crippen LogP contribution in [0.5, 0.6) is 0 Å². The third kappa shape index (κ3) is 3.36. The highest BCUT2D eigenvalue weighted by Gasteiger charge is 2.23. The van der Waals surface area contributed by atoms with Crippen LogP contribution in [0.15, 0.2) is 16.4 Å². The van der Waals surface area contributed by atoms with Crippen molar-refractivity contribution in [1.82, 2.24) is 4.90 Å². The van der Waals surface area contributed by atoms with Crippen LogP contribution < -0.4 is 0 Å². The molecule has 1 fully saturated rings. The van der Waals surface area contributed by atoms with Crippen molar-refractivity contribution in [3.8, 4) is 6.07 Å². The summed E-state index contributed by atoms with van der Waals surface area (Å²) in [5, 5.41) is 9.04. The van der Waals surface area contributed by atoms with Crippen molar-refractivity contribution in [1.29, 1.82) is 5.26 Å². The van der Waals surface area contributed by atoms with E-state index in [0.717, 1.165) is 43.7 Å². The molecule has 108 valence electrons. The highest BCUT2D eigenvalue weighted by molar-refractivity contribution is 6.43. The fourth-order valence-electron chi connectivity index (χ4n) is 2.46. The summed E-state index contributed by atoms with van der Waals surface area (Å²) in [5.74, 6) is -0.643. The van der Waals surface area contributed by atoms with Crippen molar-refractivity contribution < 1.29 is 14.3 Å². The van der Waals surface area contributed by atoms with Gasteiger partial charge in [-0.25, -0.2) is 9.79 Å². The van der Waals surface area contributed by atoms with Gasteiger partial charge in [0.2, 0.25) is 5.71 Å². The lowest BCUT2D eigenvalue weighted by Gasteiger charge is -2.30. The summed E-state index contributed by atoms with van der Waals surface area (Å²) >= 11 is 0. The van der Waals surface area contributed by atoms with Crippen molar-refractivity contribution in [2.45, 2.75) is 26.2 Å². The molecule has 6 nitrogen and oxygen atoms in total. The fraction of sp³-hybridized carbons (Fsp3) is 0.643. The van der Waals surface area contributed by atoms with Crippen molar-refractivity contribution >= 4 is 11.7 Å². The predicted molar refractivity (Wildman–Crippen MR) is 73.0 cm³/mol. The number of rotatable bonds is 4. The van der Waals surface area contributed by atoms with Crippen LogP contribution >= 0.6 is 0 Å². The number of ether oxygens (including phenoxy) is 2. The maximum absolute atomic E-state index is 11.6. The number of carbonyl (C=O) groups excluding carboxylic acids is 1. The zero-order valence-electron chi connectivity index (χ0n) is 11.7. The van der Waals surface area contributed by atoms with Crippen LogP contribution in [0.25, 0.3) is 0 Å². The smallest absolute Gasteiger partial charge is 0.367 e. The van der Waals surface area contributed by atoms with Gasteiger partial charge in [-0.2, -0.15) is 5.26 Å². The molecule has 0 spiro atoms. The second-order valence-electron chi connectivity index (χ2n) is 4.64. The molecule has 0 saturated carbocycles. The Kier molecular flexibility index (Phi) is 5.13. The lowest BCUT2D eigenvalue weighted by Crippen LogP contribution is -2.35. The zero-order valence-corrected chi connectivity index (χ0v) is 11.7. The lowest BCUT2D eigenvalue weighted by atomic mass is 10.3. The number of aliphatic imine (C=N–C) groups is 1. The van der Waals surface area contributed by atoms with E-state index in [1.54, 1.807) is 6.92 Å². The Labute approximate surface area is 118 Å². The van der Waals surface area contributed by atoms with E-state index < -0.39 is 5.97 Å². The molecule has 1 aliphatic carbocycles. The molecule has 0 bridgehead atoms. The number of morpholine rings is 1. The molecule has 20 heavy (non-hydrogen) atoms. The largest absolute Gasteiger partial charge is 0.461 e. The standard InChI is InChI=1S/C14H19N3O3/c1-2-20-14(18)12(10-15)16-11-4-3-5-13(11)17-6-8-19-9-7-17/h2-9H2,1H3. The molecule has 0 aromatic rings. The second kappa shape index (κ2) is 7.06. The number of carbonyl (C=O) groups is 1. The second-order valence-corrected chi connectivity index (χ2v) is 4.64. The highest BCUT2D eigenvalue weighted by atomic mass is 16.5. The first-order valence-corrected chi connectivity index (χ1v) is 6.97. The summed E-state index contributed by atoms with van der Waals surface area (Å²) in [6, 6.07) is 1.84. The third-order valence-corrected chi connectivity index (χ3v) is 3.37. The number of nitrogens with zero attached hydrogens (tertiary/aromatic N) is 3. The molecule has 0 radical (unpaired) electrons. The molecular weight excluding hydrogens is 258 g/mol. The summed E-state index contributed by atoms with van der Waals surface area (Å²) in [5.41, 5.74) is 1.83. The van der Waals surface area contributed by atoms with E-state index in [-0.39, 0.29) is 12.3 Å². The van der Waals surface area contributed by atoms with Crippen molar-refractivity contribution in [3.63, 3.8) is 0 Å². The molecule has 0 unspecified atom stereocenters. The summed E-state index contributed by atoms with van der Waals surface area (Å²) in [4.78, 5) is 18.1. The molecule has 2 rings (SSSR count). The highest BCUT2D eigenvalue weighted by Crippen LogP contribution is 2.30. The van der Waals surface area contributed by atoms with E-state index >= 15 is 0 Å². The Hall–Kier alpha value is -1.87.